The quantitative estimate of drug-likeness (QED) is 0.621. The Balaban J connectivity index is 2.97. The first-order valence-corrected chi connectivity index (χ1v) is 4.80. The third-order valence-electron chi connectivity index (χ3n) is 1.94. The predicted molar refractivity (Wildman–Crippen MR) is 56.6 cm³/mol. The van der Waals surface area contributed by atoms with Gasteiger partial charge in [-0.25, -0.2) is 0 Å². The highest BCUT2D eigenvalue weighted by Gasteiger charge is 2.31. The van der Waals surface area contributed by atoms with Crippen LogP contribution in [0.4, 0.5) is 13.2 Å². The van der Waals surface area contributed by atoms with Gasteiger partial charge in [0.2, 0.25) is 0 Å². The van der Waals surface area contributed by atoms with Crippen LogP contribution in [0.5, 0.6) is 5.75 Å². The van der Waals surface area contributed by atoms with Crippen molar-refractivity contribution in [2.75, 3.05) is 7.11 Å². The van der Waals surface area contributed by atoms with E-state index in [4.69, 9.17) is 5.11 Å². The van der Waals surface area contributed by atoms with E-state index in [2.05, 4.69) is 16.6 Å². The van der Waals surface area contributed by atoms with Crippen LogP contribution in [0.1, 0.15) is 17.5 Å². The molecule has 0 radical (unpaired) electrons. The molecule has 1 N–H and O–H groups in total. The van der Waals surface area contributed by atoms with Gasteiger partial charge in [0.05, 0.1) is 12.7 Å². The molecule has 0 atom stereocenters. The summed E-state index contributed by atoms with van der Waals surface area (Å²) in [5.74, 6) is 3.59. The van der Waals surface area contributed by atoms with Crippen LogP contribution in [0, 0.1) is 11.8 Å². The van der Waals surface area contributed by atoms with Gasteiger partial charge in [0.15, 0.2) is 0 Å². The molecular weight excluding hydrogens is 249 g/mol. The van der Waals surface area contributed by atoms with Gasteiger partial charge >= 0.3 is 12.1 Å². The summed E-state index contributed by atoms with van der Waals surface area (Å²) >= 11 is 0. The Labute approximate surface area is 101 Å². The minimum absolute atomic E-state index is 0.0220. The Kier molecular flexibility index (Phi) is 4.21. The Morgan fingerprint density at radius 1 is 1.39 bits per heavy atom. The Morgan fingerprint density at radius 3 is 2.61 bits per heavy atom. The normalized spacial score (nSPS) is 10.4. The second-order valence-corrected chi connectivity index (χ2v) is 3.32. The fraction of sp³-hybridized carbons (Fsp3) is 0.250. The Morgan fingerprint density at radius 2 is 2.06 bits per heavy atom. The van der Waals surface area contributed by atoms with E-state index in [-0.39, 0.29) is 12.0 Å². The number of rotatable bonds is 1. The van der Waals surface area contributed by atoms with E-state index in [0.717, 1.165) is 12.1 Å². The zero-order valence-electron chi connectivity index (χ0n) is 9.34. The highest BCUT2D eigenvalue weighted by molar-refractivity contribution is 5.72. The SMILES string of the molecule is COC(=O)CC#Cc1cc(O)cc(C(F)(F)F)c1. The number of alkyl halides is 3. The predicted octanol–water partition coefficient (Wildman–Crippen LogP) is 2.33. The molecule has 1 rings (SSSR count). The van der Waals surface area contributed by atoms with E-state index in [1.54, 1.807) is 0 Å². The Bertz CT molecular complexity index is 510. The van der Waals surface area contributed by atoms with E-state index >= 15 is 0 Å². The van der Waals surface area contributed by atoms with E-state index < -0.39 is 23.5 Å². The van der Waals surface area contributed by atoms with Crippen LogP contribution in [0.2, 0.25) is 0 Å². The van der Waals surface area contributed by atoms with Crippen LogP contribution in [-0.4, -0.2) is 18.2 Å². The van der Waals surface area contributed by atoms with Crippen molar-refractivity contribution in [1.82, 2.24) is 0 Å². The second-order valence-electron chi connectivity index (χ2n) is 3.32. The largest absolute Gasteiger partial charge is 0.508 e. The molecule has 0 fully saturated rings. The van der Waals surface area contributed by atoms with Gasteiger partial charge in [-0.1, -0.05) is 11.8 Å². The van der Waals surface area contributed by atoms with Crippen LogP contribution in [0.3, 0.4) is 0 Å². The third-order valence-corrected chi connectivity index (χ3v) is 1.94. The summed E-state index contributed by atoms with van der Waals surface area (Å²) in [4.78, 5) is 10.7. The molecule has 3 nitrogen and oxygen atoms in total. The molecule has 0 spiro atoms. The maximum Gasteiger partial charge on any atom is 0.416 e. The highest BCUT2D eigenvalue weighted by Crippen LogP contribution is 2.32. The molecule has 0 amide bonds. The second kappa shape index (κ2) is 5.45. The number of ether oxygens (including phenoxy) is 1. The zero-order valence-corrected chi connectivity index (χ0v) is 9.34. The number of carbonyl (C=O) groups is 1. The van der Waals surface area contributed by atoms with Crippen molar-refractivity contribution in [2.45, 2.75) is 12.6 Å². The first-order chi connectivity index (χ1) is 8.32. The molecule has 0 aromatic heterocycles. The van der Waals surface area contributed by atoms with Crippen molar-refractivity contribution in [1.29, 1.82) is 0 Å². The fourth-order valence-electron chi connectivity index (χ4n) is 1.14. The van der Waals surface area contributed by atoms with E-state index in [1.165, 1.54) is 7.11 Å². The molecule has 0 aliphatic carbocycles. The van der Waals surface area contributed by atoms with Crippen molar-refractivity contribution >= 4 is 5.97 Å². The van der Waals surface area contributed by atoms with Crippen LogP contribution >= 0.6 is 0 Å². The van der Waals surface area contributed by atoms with E-state index in [9.17, 15) is 18.0 Å². The molecule has 6 heteroatoms. The van der Waals surface area contributed by atoms with Crippen molar-refractivity contribution < 1.29 is 27.8 Å². The lowest BCUT2D eigenvalue weighted by Crippen LogP contribution is -2.04. The Hall–Kier alpha value is -2.16. The molecule has 0 saturated heterocycles. The van der Waals surface area contributed by atoms with Crippen molar-refractivity contribution in [2.24, 2.45) is 0 Å². The van der Waals surface area contributed by atoms with Gasteiger partial charge in [0, 0.05) is 5.56 Å². The molecular formula is C12H9F3O3. The number of hydrogen-bond donors (Lipinski definition) is 1. The number of phenolic OH excluding ortho intramolecular Hbond substituents is 1. The minimum Gasteiger partial charge on any atom is -0.508 e. The highest BCUT2D eigenvalue weighted by atomic mass is 19.4. The number of methoxy groups -OCH3 is 1. The average Bonchev–Trinajstić information content (AvgIpc) is 2.27. The fourth-order valence-corrected chi connectivity index (χ4v) is 1.14. The van der Waals surface area contributed by atoms with Crippen molar-refractivity contribution in [3.05, 3.63) is 29.3 Å². The van der Waals surface area contributed by atoms with Crippen molar-refractivity contribution in [3.8, 4) is 17.6 Å². The molecule has 1 aromatic carbocycles. The first-order valence-electron chi connectivity index (χ1n) is 4.80. The standard InChI is InChI=1S/C12H9F3O3/c1-18-11(17)4-2-3-8-5-9(12(13,14)15)7-10(16)6-8/h5-7,16H,4H2,1H3. The summed E-state index contributed by atoms with van der Waals surface area (Å²) < 4.78 is 41.6. The number of halogens is 3. The maximum atomic E-state index is 12.4. The van der Waals surface area contributed by atoms with Gasteiger partial charge in [-0.3, -0.25) is 4.79 Å². The van der Waals surface area contributed by atoms with Gasteiger partial charge in [-0.15, -0.1) is 0 Å². The van der Waals surface area contributed by atoms with Gasteiger partial charge in [-0.05, 0) is 18.2 Å². The topological polar surface area (TPSA) is 46.5 Å². The van der Waals surface area contributed by atoms with Crippen molar-refractivity contribution in [3.63, 3.8) is 0 Å². The summed E-state index contributed by atoms with van der Waals surface area (Å²) in [6, 6.07) is 2.48. The number of hydrogen-bond acceptors (Lipinski definition) is 3. The van der Waals surface area contributed by atoms with Crippen LogP contribution in [-0.2, 0) is 15.7 Å². The zero-order chi connectivity index (χ0) is 13.8. The summed E-state index contributed by atoms with van der Waals surface area (Å²) in [5.41, 5.74) is -1.02. The van der Waals surface area contributed by atoms with E-state index in [0.29, 0.717) is 6.07 Å². The molecule has 0 unspecified atom stereocenters. The molecule has 0 aliphatic rings. The minimum atomic E-state index is -4.56. The summed E-state index contributed by atoms with van der Waals surface area (Å²) in [7, 11) is 1.18. The first kappa shape index (κ1) is 13.9. The summed E-state index contributed by atoms with van der Waals surface area (Å²) in [6.07, 6.45) is -4.79. The summed E-state index contributed by atoms with van der Waals surface area (Å²) in [6.45, 7) is 0. The van der Waals surface area contributed by atoms with Gasteiger partial charge in [0.25, 0.3) is 0 Å². The molecule has 0 saturated carbocycles. The number of phenols is 1. The van der Waals surface area contributed by atoms with Crippen LogP contribution < -0.4 is 0 Å². The lowest BCUT2D eigenvalue weighted by atomic mass is 10.1. The summed E-state index contributed by atoms with van der Waals surface area (Å²) in [5, 5.41) is 9.15. The lowest BCUT2D eigenvalue weighted by molar-refractivity contribution is -0.139. The lowest BCUT2D eigenvalue weighted by Gasteiger charge is -2.07. The molecule has 96 valence electrons. The third kappa shape index (κ3) is 4.01. The van der Waals surface area contributed by atoms with Crippen LogP contribution in [0.15, 0.2) is 18.2 Å². The molecule has 18 heavy (non-hydrogen) atoms. The maximum absolute atomic E-state index is 12.4. The van der Waals surface area contributed by atoms with Gasteiger partial charge in [0.1, 0.15) is 12.2 Å². The molecule has 0 heterocycles. The monoisotopic (exact) mass is 258 g/mol. The van der Waals surface area contributed by atoms with Gasteiger partial charge in [-0.2, -0.15) is 13.2 Å². The molecule has 0 bridgehead atoms. The number of carbonyl (C=O) groups excluding carboxylic acids is 1. The van der Waals surface area contributed by atoms with Gasteiger partial charge < -0.3 is 9.84 Å². The molecule has 1 aromatic rings. The van der Waals surface area contributed by atoms with E-state index in [1.807, 2.05) is 0 Å². The number of esters is 1. The smallest absolute Gasteiger partial charge is 0.416 e. The average molecular weight is 258 g/mol. The molecule has 0 aliphatic heterocycles. The number of aromatic hydroxyl groups is 1. The number of benzene rings is 1. The van der Waals surface area contributed by atoms with Crippen LogP contribution in [0.25, 0.3) is 0 Å².